The highest BCUT2D eigenvalue weighted by Crippen LogP contribution is 2.32. The molecule has 0 saturated carbocycles. The molecule has 0 aromatic heterocycles. The highest BCUT2D eigenvalue weighted by atomic mass is 19.1. The van der Waals surface area contributed by atoms with Gasteiger partial charge in [-0.05, 0) is 86.8 Å². The highest BCUT2D eigenvalue weighted by Gasteiger charge is 2.28. The van der Waals surface area contributed by atoms with E-state index in [-0.39, 0.29) is 18.6 Å². The maximum atomic E-state index is 13.8. The Morgan fingerprint density at radius 2 is 1.88 bits per heavy atom. The molecular weight excluding hydrogens is 421 g/mol. The van der Waals surface area contributed by atoms with Crippen LogP contribution in [0.1, 0.15) is 62.0 Å². The number of aliphatic carboxylic acids is 1. The number of fused-ring (bicyclic) bond motifs is 1. The Labute approximate surface area is 196 Å². The summed E-state index contributed by atoms with van der Waals surface area (Å²) in [6.07, 6.45) is 2.33. The van der Waals surface area contributed by atoms with Crippen LogP contribution in [0.3, 0.4) is 0 Å². The maximum Gasteiger partial charge on any atom is 0.303 e. The first-order valence-electron chi connectivity index (χ1n) is 11.7. The van der Waals surface area contributed by atoms with Crippen LogP contribution in [0.15, 0.2) is 42.5 Å². The third kappa shape index (κ3) is 7.63. The molecule has 180 valence electrons. The Hall–Kier alpha value is -2.28. The van der Waals surface area contributed by atoms with Gasteiger partial charge >= 0.3 is 5.97 Å². The lowest BCUT2D eigenvalue weighted by Gasteiger charge is -2.31. The van der Waals surface area contributed by atoms with Crippen molar-refractivity contribution in [2.75, 3.05) is 13.2 Å². The summed E-state index contributed by atoms with van der Waals surface area (Å²) in [5, 5.41) is 22.9. The van der Waals surface area contributed by atoms with Gasteiger partial charge in [0, 0.05) is 18.5 Å². The lowest BCUT2D eigenvalue weighted by atomic mass is 9.88. The minimum Gasteiger partial charge on any atom is -0.481 e. The second kappa shape index (κ2) is 11.2. The van der Waals surface area contributed by atoms with E-state index in [1.807, 2.05) is 0 Å². The first-order valence-corrected chi connectivity index (χ1v) is 11.7. The van der Waals surface area contributed by atoms with Gasteiger partial charge in [-0.15, -0.1) is 0 Å². The van der Waals surface area contributed by atoms with E-state index in [0.717, 1.165) is 24.8 Å². The Bertz CT molecular complexity index is 920. The standard InChI is InChI=1S/C27H36FNO4/c1-18(25-14-23(28)10-8-20(25)9-11-26(31)32)33-17-24(30)16-29-27(2,3)15-19-12-21-6-4-5-7-22(21)13-19/h4-8,10,14,18-19,24,29-30H,9,11-13,15-17H2,1-3H3,(H,31,32)/t18-,24+/m1/s1. The molecular formula is C27H36FNO4. The third-order valence-electron chi connectivity index (χ3n) is 6.44. The number of aryl methyl sites for hydroxylation is 1. The normalized spacial score (nSPS) is 15.9. The van der Waals surface area contributed by atoms with Gasteiger partial charge in [-0.2, -0.15) is 0 Å². The van der Waals surface area contributed by atoms with Gasteiger partial charge in [-0.3, -0.25) is 4.79 Å². The minimum atomic E-state index is -0.899. The quantitative estimate of drug-likeness (QED) is 0.439. The lowest BCUT2D eigenvalue weighted by molar-refractivity contribution is -0.136. The van der Waals surface area contributed by atoms with Crippen molar-refractivity contribution in [3.8, 4) is 0 Å². The van der Waals surface area contributed by atoms with Crippen LogP contribution in [0.5, 0.6) is 0 Å². The van der Waals surface area contributed by atoms with E-state index >= 15 is 0 Å². The van der Waals surface area contributed by atoms with Crippen LogP contribution in [0.2, 0.25) is 0 Å². The molecule has 3 rings (SSSR count). The van der Waals surface area contributed by atoms with E-state index < -0.39 is 24.0 Å². The average molecular weight is 458 g/mol. The molecule has 0 radical (unpaired) electrons. The molecule has 0 fully saturated rings. The number of hydrogen-bond donors (Lipinski definition) is 3. The molecule has 2 atom stereocenters. The summed E-state index contributed by atoms with van der Waals surface area (Å²) in [7, 11) is 0. The number of carboxylic acids is 1. The summed E-state index contributed by atoms with van der Waals surface area (Å²) in [6, 6.07) is 12.9. The number of carboxylic acid groups (broad SMARTS) is 1. The molecule has 2 aromatic carbocycles. The van der Waals surface area contributed by atoms with Crippen LogP contribution in [0.25, 0.3) is 0 Å². The lowest BCUT2D eigenvalue weighted by Crippen LogP contribution is -2.45. The number of aliphatic hydroxyl groups is 1. The number of nitrogens with one attached hydrogen (secondary N) is 1. The number of hydrogen-bond acceptors (Lipinski definition) is 4. The molecule has 0 spiro atoms. The van der Waals surface area contributed by atoms with Crippen LogP contribution in [-0.4, -0.2) is 41.0 Å². The van der Waals surface area contributed by atoms with Gasteiger partial charge in [0.25, 0.3) is 0 Å². The topological polar surface area (TPSA) is 78.8 Å². The van der Waals surface area contributed by atoms with Gasteiger partial charge in [0.2, 0.25) is 0 Å². The van der Waals surface area contributed by atoms with Gasteiger partial charge < -0.3 is 20.3 Å². The summed E-state index contributed by atoms with van der Waals surface area (Å²) in [5.41, 5.74) is 4.14. The third-order valence-corrected chi connectivity index (χ3v) is 6.44. The van der Waals surface area contributed by atoms with Crippen LogP contribution < -0.4 is 5.32 Å². The van der Waals surface area contributed by atoms with Crippen LogP contribution >= 0.6 is 0 Å². The van der Waals surface area contributed by atoms with Crippen molar-refractivity contribution in [3.63, 3.8) is 0 Å². The number of ether oxygens (including phenoxy) is 1. The van der Waals surface area contributed by atoms with Crippen molar-refractivity contribution in [2.24, 2.45) is 5.92 Å². The molecule has 0 aliphatic heterocycles. The second-order valence-corrected chi connectivity index (χ2v) is 9.88. The number of benzene rings is 2. The number of rotatable bonds is 12. The van der Waals surface area contributed by atoms with Crippen LogP contribution in [0.4, 0.5) is 4.39 Å². The monoisotopic (exact) mass is 457 g/mol. The van der Waals surface area contributed by atoms with Crippen molar-refractivity contribution >= 4 is 5.97 Å². The fourth-order valence-electron chi connectivity index (χ4n) is 4.80. The predicted molar refractivity (Wildman–Crippen MR) is 127 cm³/mol. The summed E-state index contributed by atoms with van der Waals surface area (Å²) in [5.74, 6) is -0.697. The zero-order chi connectivity index (χ0) is 24.0. The van der Waals surface area contributed by atoms with Gasteiger partial charge in [-0.25, -0.2) is 4.39 Å². The molecule has 3 N–H and O–H groups in total. The van der Waals surface area contributed by atoms with Crippen LogP contribution in [-0.2, 0) is 28.8 Å². The number of aliphatic hydroxyl groups excluding tert-OH is 1. The zero-order valence-corrected chi connectivity index (χ0v) is 19.8. The zero-order valence-electron chi connectivity index (χ0n) is 19.8. The summed E-state index contributed by atoms with van der Waals surface area (Å²) >= 11 is 0. The Morgan fingerprint density at radius 1 is 1.21 bits per heavy atom. The first kappa shape index (κ1) is 25.3. The molecule has 0 heterocycles. The van der Waals surface area contributed by atoms with E-state index in [4.69, 9.17) is 9.84 Å². The van der Waals surface area contributed by atoms with E-state index in [1.54, 1.807) is 13.0 Å². The van der Waals surface area contributed by atoms with Gasteiger partial charge in [0.1, 0.15) is 5.82 Å². The molecule has 1 aliphatic carbocycles. The number of halogens is 1. The molecule has 5 nitrogen and oxygen atoms in total. The second-order valence-electron chi connectivity index (χ2n) is 9.88. The largest absolute Gasteiger partial charge is 0.481 e. The first-order chi connectivity index (χ1) is 15.6. The maximum absolute atomic E-state index is 13.8. The minimum absolute atomic E-state index is 0.0287. The fourth-order valence-corrected chi connectivity index (χ4v) is 4.80. The number of carbonyl (C=O) groups is 1. The SMILES string of the molecule is C[C@@H](OC[C@@H](O)CNC(C)(C)CC1Cc2ccccc2C1)c1cc(F)ccc1CCC(=O)O. The van der Waals surface area contributed by atoms with Gasteiger partial charge in [-0.1, -0.05) is 30.3 Å². The van der Waals surface area contributed by atoms with Crippen molar-refractivity contribution in [1.29, 1.82) is 0 Å². The van der Waals surface area contributed by atoms with E-state index in [2.05, 4.69) is 43.4 Å². The van der Waals surface area contributed by atoms with Crippen LogP contribution in [0, 0.1) is 11.7 Å². The molecule has 6 heteroatoms. The Kier molecular flexibility index (Phi) is 8.63. The molecule has 33 heavy (non-hydrogen) atoms. The molecule has 0 unspecified atom stereocenters. The number of β-amino-alcohol motifs (C(OH)–C–C–N with tert-alkyl or cyclic N) is 1. The average Bonchev–Trinajstić information content (AvgIpc) is 3.16. The highest BCUT2D eigenvalue weighted by molar-refractivity contribution is 5.67. The smallest absolute Gasteiger partial charge is 0.303 e. The van der Waals surface area contributed by atoms with Crippen molar-refractivity contribution in [2.45, 2.75) is 70.6 Å². The molecule has 0 saturated heterocycles. The van der Waals surface area contributed by atoms with E-state index in [1.165, 1.54) is 23.3 Å². The molecule has 1 aliphatic rings. The molecule has 0 amide bonds. The van der Waals surface area contributed by atoms with Crippen molar-refractivity contribution < 1.29 is 24.1 Å². The molecule has 2 aromatic rings. The van der Waals surface area contributed by atoms with E-state index in [0.29, 0.717) is 24.4 Å². The van der Waals surface area contributed by atoms with E-state index in [9.17, 15) is 14.3 Å². The summed E-state index contributed by atoms with van der Waals surface area (Å²) in [4.78, 5) is 10.9. The van der Waals surface area contributed by atoms with Crippen molar-refractivity contribution in [3.05, 3.63) is 70.5 Å². The Morgan fingerprint density at radius 3 is 2.52 bits per heavy atom. The summed E-state index contributed by atoms with van der Waals surface area (Å²) < 4.78 is 19.6. The van der Waals surface area contributed by atoms with Crippen molar-refractivity contribution in [1.82, 2.24) is 5.32 Å². The van der Waals surface area contributed by atoms with Gasteiger partial charge in [0.05, 0.1) is 18.8 Å². The summed E-state index contributed by atoms with van der Waals surface area (Å²) in [6.45, 7) is 6.62. The fraction of sp³-hybridized carbons (Fsp3) is 0.519. The van der Waals surface area contributed by atoms with Gasteiger partial charge in [0.15, 0.2) is 0 Å². The molecule has 0 bridgehead atoms. The predicted octanol–water partition coefficient (Wildman–Crippen LogP) is 4.45. The Balaban J connectivity index is 1.46.